The number of aliphatic hydroxyl groups is 1. The minimum atomic E-state index is -0.442. The molecule has 1 aliphatic rings. The van der Waals surface area contributed by atoms with Crippen molar-refractivity contribution in [2.45, 2.75) is 57.3 Å². The summed E-state index contributed by atoms with van der Waals surface area (Å²) >= 11 is 0. The van der Waals surface area contributed by atoms with E-state index in [2.05, 4.69) is 72.6 Å². The zero-order valence-electron chi connectivity index (χ0n) is 19.1. The van der Waals surface area contributed by atoms with Crippen LogP contribution in [0.5, 0.6) is 0 Å². The number of aliphatic hydroxyl groups excluding tert-OH is 1. The molecule has 0 aliphatic carbocycles. The minimum Gasteiger partial charge on any atom is -0.390 e. The Kier molecular flexibility index (Phi) is 6.91. The summed E-state index contributed by atoms with van der Waals surface area (Å²) in [5, 5.41) is 26.6. The summed E-state index contributed by atoms with van der Waals surface area (Å²) in [5.74, 6) is 0. The molecule has 2 atom stereocenters. The van der Waals surface area contributed by atoms with E-state index in [9.17, 15) is 10.4 Å². The van der Waals surface area contributed by atoms with E-state index in [1.54, 1.807) is 0 Å². The molecule has 3 aromatic rings. The Bertz CT molecular complexity index is 1100. The first-order valence-corrected chi connectivity index (χ1v) is 11.6. The molecule has 166 valence electrons. The highest BCUT2D eigenvalue weighted by atomic mass is 16.3. The lowest BCUT2D eigenvalue weighted by Crippen LogP contribution is -2.50. The molecule has 1 aliphatic heterocycles. The lowest BCUT2D eigenvalue weighted by atomic mass is 9.93. The first-order valence-electron chi connectivity index (χ1n) is 11.6. The third-order valence-corrected chi connectivity index (χ3v) is 6.62. The molecule has 0 unspecified atom stereocenters. The summed E-state index contributed by atoms with van der Waals surface area (Å²) in [4.78, 5) is 2.33. The maximum Gasteiger partial charge on any atom is 0.0995 e. The monoisotopic (exact) mass is 427 g/mol. The second-order valence-corrected chi connectivity index (χ2v) is 9.64. The van der Waals surface area contributed by atoms with E-state index >= 15 is 0 Å². The number of benzene rings is 3. The molecule has 0 spiro atoms. The highest BCUT2D eigenvalue weighted by Crippen LogP contribution is 2.25. The van der Waals surface area contributed by atoms with Crippen LogP contribution in [0.3, 0.4) is 0 Å². The molecule has 0 radical (unpaired) electrons. The smallest absolute Gasteiger partial charge is 0.0995 e. The van der Waals surface area contributed by atoms with E-state index in [4.69, 9.17) is 0 Å². The van der Waals surface area contributed by atoms with Crippen molar-refractivity contribution in [2.75, 3.05) is 13.1 Å². The van der Waals surface area contributed by atoms with E-state index in [0.29, 0.717) is 13.1 Å². The van der Waals surface area contributed by atoms with Crippen molar-refractivity contribution in [2.24, 2.45) is 0 Å². The lowest BCUT2D eigenvalue weighted by Gasteiger charge is -2.33. The summed E-state index contributed by atoms with van der Waals surface area (Å²) in [7, 11) is 0. The molecule has 0 bridgehead atoms. The molecule has 2 N–H and O–H groups in total. The van der Waals surface area contributed by atoms with Crippen molar-refractivity contribution in [1.82, 2.24) is 10.2 Å². The topological polar surface area (TPSA) is 59.3 Å². The fourth-order valence-corrected chi connectivity index (χ4v) is 4.91. The van der Waals surface area contributed by atoms with Crippen LogP contribution in [-0.4, -0.2) is 40.8 Å². The number of fused-ring (bicyclic) bond motifs is 1. The molecule has 0 saturated carbocycles. The Labute approximate surface area is 191 Å². The Morgan fingerprint density at radius 1 is 1.09 bits per heavy atom. The number of hydrogen-bond acceptors (Lipinski definition) is 4. The fourth-order valence-electron chi connectivity index (χ4n) is 4.91. The molecule has 1 heterocycles. The highest BCUT2D eigenvalue weighted by Gasteiger charge is 2.32. The molecule has 3 aromatic carbocycles. The van der Waals surface area contributed by atoms with E-state index < -0.39 is 6.10 Å². The highest BCUT2D eigenvalue weighted by molar-refractivity contribution is 5.83. The van der Waals surface area contributed by atoms with E-state index in [-0.39, 0.29) is 11.6 Å². The van der Waals surface area contributed by atoms with Crippen LogP contribution in [0.1, 0.15) is 43.4 Å². The van der Waals surface area contributed by atoms with Crippen molar-refractivity contribution in [1.29, 1.82) is 5.26 Å². The van der Waals surface area contributed by atoms with Crippen LogP contribution in [0.15, 0.2) is 66.7 Å². The Balaban J connectivity index is 1.36. The normalized spacial score (nSPS) is 18.0. The SMILES string of the molecule is CC(C)(Cc1ccc2ccccc2c1)NC[C@@H](O)[C@H]1CCCN1Cc1ccccc1C#N. The van der Waals surface area contributed by atoms with Crippen LogP contribution in [0.25, 0.3) is 10.8 Å². The van der Waals surface area contributed by atoms with Crippen molar-refractivity contribution in [3.8, 4) is 6.07 Å². The van der Waals surface area contributed by atoms with Gasteiger partial charge < -0.3 is 10.4 Å². The second kappa shape index (κ2) is 9.83. The van der Waals surface area contributed by atoms with Crippen molar-refractivity contribution < 1.29 is 5.11 Å². The number of likely N-dealkylation sites (tertiary alicyclic amines) is 1. The number of nitriles is 1. The Morgan fingerprint density at radius 3 is 2.66 bits per heavy atom. The molecule has 1 fully saturated rings. The number of nitrogens with zero attached hydrogens (tertiary/aromatic N) is 2. The molecular weight excluding hydrogens is 394 g/mol. The number of nitrogens with one attached hydrogen (secondary N) is 1. The Hall–Kier alpha value is -2.71. The number of β-amino-alcohol motifs (C(OH)–C–C–N with tert-alkyl or cyclic N) is 1. The van der Waals surface area contributed by atoms with Gasteiger partial charge in [0.1, 0.15) is 0 Å². The van der Waals surface area contributed by atoms with Crippen LogP contribution in [-0.2, 0) is 13.0 Å². The average molecular weight is 428 g/mol. The van der Waals surface area contributed by atoms with Gasteiger partial charge in [-0.3, -0.25) is 4.90 Å². The van der Waals surface area contributed by atoms with E-state index in [0.717, 1.165) is 36.9 Å². The summed E-state index contributed by atoms with van der Waals surface area (Å²) < 4.78 is 0. The third-order valence-electron chi connectivity index (χ3n) is 6.62. The van der Waals surface area contributed by atoms with Gasteiger partial charge >= 0.3 is 0 Å². The molecule has 4 rings (SSSR count). The van der Waals surface area contributed by atoms with Crippen molar-refractivity contribution >= 4 is 10.8 Å². The van der Waals surface area contributed by atoms with E-state index in [1.165, 1.54) is 16.3 Å². The summed E-state index contributed by atoms with van der Waals surface area (Å²) in [5.41, 5.74) is 2.94. The fraction of sp³-hybridized carbons (Fsp3) is 0.393. The van der Waals surface area contributed by atoms with Crippen LogP contribution in [0.4, 0.5) is 0 Å². The largest absolute Gasteiger partial charge is 0.390 e. The quantitative estimate of drug-likeness (QED) is 0.549. The van der Waals surface area contributed by atoms with Gasteiger partial charge in [0.05, 0.1) is 17.7 Å². The minimum absolute atomic E-state index is 0.116. The van der Waals surface area contributed by atoms with E-state index in [1.807, 2.05) is 24.3 Å². The molecular formula is C28H33N3O. The third kappa shape index (κ3) is 5.37. The standard InChI is InChI=1S/C28H33N3O/c1-28(2,17-21-13-14-22-8-3-4-9-23(22)16-21)30-19-27(32)26-12-7-15-31(26)20-25-11-6-5-10-24(25)18-29/h3-6,8-11,13-14,16,26-27,30,32H,7,12,15,17,19-20H2,1-2H3/t26-,27-/m1/s1. The first kappa shape index (κ1) is 22.5. The molecule has 4 nitrogen and oxygen atoms in total. The predicted molar refractivity (Wildman–Crippen MR) is 130 cm³/mol. The zero-order chi connectivity index (χ0) is 22.6. The van der Waals surface area contributed by atoms with Crippen LogP contribution >= 0.6 is 0 Å². The lowest BCUT2D eigenvalue weighted by molar-refractivity contribution is 0.0632. The van der Waals surface area contributed by atoms with Crippen LogP contribution in [0.2, 0.25) is 0 Å². The summed E-state index contributed by atoms with van der Waals surface area (Å²) in [6.45, 7) is 6.63. The maximum atomic E-state index is 11.0. The molecule has 32 heavy (non-hydrogen) atoms. The van der Waals surface area contributed by atoms with Crippen molar-refractivity contribution in [3.05, 3.63) is 83.4 Å². The molecule has 0 aromatic heterocycles. The van der Waals surface area contributed by atoms with Gasteiger partial charge in [0.15, 0.2) is 0 Å². The molecule has 0 amide bonds. The van der Waals surface area contributed by atoms with Gasteiger partial charge in [-0.1, -0.05) is 60.7 Å². The first-order chi connectivity index (χ1) is 15.4. The maximum absolute atomic E-state index is 11.0. The second-order valence-electron chi connectivity index (χ2n) is 9.64. The van der Waals surface area contributed by atoms with Gasteiger partial charge in [-0.15, -0.1) is 0 Å². The Morgan fingerprint density at radius 2 is 1.84 bits per heavy atom. The van der Waals surface area contributed by atoms with Gasteiger partial charge in [0, 0.05) is 24.7 Å². The summed E-state index contributed by atoms with van der Waals surface area (Å²) in [6, 6.07) is 25.3. The zero-order valence-corrected chi connectivity index (χ0v) is 19.1. The van der Waals surface area contributed by atoms with Crippen molar-refractivity contribution in [3.63, 3.8) is 0 Å². The molecule has 1 saturated heterocycles. The van der Waals surface area contributed by atoms with Gasteiger partial charge in [0.25, 0.3) is 0 Å². The van der Waals surface area contributed by atoms with Gasteiger partial charge in [0.2, 0.25) is 0 Å². The van der Waals surface area contributed by atoms with Gasteiger partial charge in [-0.25, -0.2) is 0 Å². The predicted octanol–water partition coefficient (Wildman–Crippen LogP) is 4.65. The van der Waals surface area contributed by atoms with Crippen LogP contribution < -0.4 is 5.32 Å². The molecule has 4 heteroatoms. The van der Waals surface area contributed by atoms with Gasteiger partial charge in [-0.05, 0) is 67.6 Å². The number of hydrogen-bond donors (Lipinski definition) is 2. The van der Waals surface area contributed by atoms with Gasteiger partial charge in [-0.2, -0.15) is 5.26 Å². The average Bonchev–Trinajstić information content (AvgIpc) is 3.26. The number of rotatable bonds is 8. The van der Waals surface area contributed by atoms with Crippen LogP contribution in [0, 0.1) is 11.3 Å². The summed E-state index contributed by atoms with van der Waals surface area (Å²) in [6.07, 6.45) is 2.52.